The van der Waals surface area contributed by atoms with Crippen LogP contribution in [-0.2, 0) is 6.54 Å². The van der Waals surface area contributed by atoms with Crippen molar-refractivity contribution in [2.75, 3.05) is 0 Å². The summed E-state index contributed by atoms with van der Waals surface area (Å²) < 4.78 is 5.64. The van der Waals surface area contributed by atoms with Crippen LogP contribution in [0, 0.1) is 0 Å². The van der Waals surface area contributed by atoms with E-state index >= 15 is 0 Å². The molecular weight excluding hydrogens is 302 g/mol. The van der Waals surface area contributed by atoms with Gasteiger partial charge in [0.25, 0.3) is 5.56 Å². The number of hydrogen-bond acceptors (Lipinski definition) is 4. The molecule has 2 aromatic heterocycles. The number of aromatic amines is 1. The molecule has 0 bridgehead atoms. The molecular formula is C19H23N3O2. The molecule has 1 fully saturated rings. The number of fused-ring (bicyclic) bond motifs is 3. The van der Waals surface area contributed by atoms with Crippen LogP contribution in [0.25, 0.3) is 22.1 Å². The highest BCUT2D eigenvalue weighted by atomic mass is 16.3. The minimum absolute atomic E-state index is 0.203. The maximum atomic E-state index is 12.3. The third-order valence-electron chi connectivity index (χ3n) is 4.94. The molecule has 24 heavy (non-hydrogen) atoms. The van der Waals surface area contributed by atoms with Gasteiger partial charge in [0.05, 0.1) is 6.54 Å². The van der Waals surface area contributed by atoms with Gasteiger partial charge in [-0.3, -0.25) is 4.79 Å². The number of nitrogens with zero attached hydrogens (tertiary/aromatic N) is 1. The minimum Gasteiger partial charge on any atom is -0.449 e. The van der Waals surface area contributed by atoms with Gasteiger partial charge in [0.2, 0.25) is 5.58 Å². The second-order valence-corrected chi connectivity index (χ2v) is 6.71. The largest absolute Gasteiger partial charge is 0.449 e. The Bertz CT molecular complexity index is 888. The summed E-state index contributed by atoms with van der Waals surface area (Å²) in [7, 11) is 0. The summed E-state index contributed by atoms with van der Waals surface area (Å²) in [5.41, 5.74) is 1.47. The first-order valence-corrected chi connectivity index (χ1v) is 8.95. The first kappa shape index (κ1) is 15.4. The van der Waals surface area contributed by atoms with Gasteiger partial charge in [-0.1, -0.05) is 44.2 Å². The summed E-state index contributed by atoms with van der Waals surface area (Å²) in [6.07, 6.45) is 9.02. The summed E-state index contributed by atoms with van der Waals surface area (Å²) in [5, 5.41) is 4.47. The molecule has 0 radical (unpaired) electrons. The molecule has 0 aliphatic heterocycles. The van der Waals surface area contributed by atoms with Gasteiger partial charge in [0.15, 0.2) is 0 Å². The Balaban J connectivity index is 1.57. The molecule has 0 saturated heterocycles. The predicted octanol–water partition coefficient (Wildman–Crippen LogP) is 3.87. The zero-order chi connectivity index (χ0) is 16.4. The molecule has 0 amide bonds. The smallest absolute Gasteiger partial charge is 0.294 e. The third kappa shape index (κ3) is 3.08. The van der Waals surface area contributed by atoms with E-state index in [1.54, 1.807) is 0 Å². The van der Waals surface area contributed by atoms with Crippen molar-refractivity contribution in [3.63, 3.8) is 0 Å². The van der Waals surface area contributed by atoms with Crippen LogP contribution < -0.4 is 10.9 Å². The summed E-state index contributed by atoms with van der Waals surface area (Å²) in [6, 6.07) is 8.16. The number of para-hydroxylation sites is 1. The Kier molecular flexibility index (Phi) is 4.34. The zero-order valence-electron chi connectivity index (χ0n) is 13.8. The predicted molar refractivity (Wildman–Crippen MR) is 95.1 cm³/mol. The average molecular weight is 325 g/mol. The van der Waals surface area contributed by atoms with Gasteiger partial charge in [-0.05, 0) is 25.0 Å². The Morgan fingerprint density at radius 3 is 2.71 bits per heavy atom. The van der Waals surface area contributed by atoms with Gasteiger partial charge in [0.1, 0.15) is 16.9 Å². The van der Waals surface area contributed by atoms with E-state index in [0.717, 1.165) is 5.39 Å². The number of hydrogen-bond donors (Lipinski definition) is 2. The van der Waals surface area contributed by atoms with Crippen molar-refractivity contribution >= 4 is 22.1 Å². The lowest BCUT2D eigenvalue weighted by Gasteiger charge is -2.20. The molecule has 3 aromatic rings. The molecule has 0 spiro atoms. The first-order valence-electron chi connectivity index (χ1n) is 8.95. The van der Waals surface area contributed by atoms with E-state index in [1.165, 1.54) is 44.9 Å². The van der Waals surface area contributed by atoms with E-state index in [0.29, 0.717) is 35.1 Å². The van der Waals surface area contributed by atoms with E-state index in [2.05, 4.69) is 15.3 Å². The number of nitrogens with one attached hydrogen (secondary N) is 2. The summed E-state index contributed by atoms with van der Waals surface area (Å²) in [6.45, 7) is 0.593. The van der Waals surface area contributed by atoms with E-state index in [1.807, 2.05) is 24.3 Å². The topological polar surface area (TPSA) is 70.9 Å². The Labute approximate surface area is 140 Å². The maximum absolute atomic E-state index is 12.3. The fraction of sp³-hybridized carbons (Fsp3) is 0.474. The zero-order valence-corrected chi connectivity index (χ0v) is 13.8. The second-order valence-electron chi connectivity index (χ2n) is 6.71. The van der Waals surface area contributed by atoms with Gasteiger partial charge in [-0.25, -0.2) is 4.98 Å². The van der Waals surface area contributed by atoms with Crippen LogP contribution in [0.5, 0.6) is 0 Å². The van der Waals surface area contributed by atoms with Crippen LogP contribution in [-0.4, -0.2) is 16.0 Å². The van der Waals surface area contributed by atoms with E-state index < -0.39 is 0 Å². The molecule has 5 nitrogen and oxygen atoms in total. The van der Waals surface area contributed by atoms with Crippen LogP contribution in [0.4, 0.5) is 0 Å². The van der Waals surface area contributed by atoms with Crippen LogP contribution >= 0.6 is 0 Å². The molecule has 126 valence electrons. The van der Waals surface area contributed by atoms with Crippen LogP contribution in [0.2, 0.25) is 0 Å². The van der Waals surface area contributed by atoms with E-state index in [4.69, 9.17) is 4.42 Å². The lowest BCUT2D eigenvalue weighted by molar-refractivity contribution is 0.386. The number of furan rings is 1. The van der Waals surface area contributed by atoms with Gasteiger partial charge in [-0.15, -0.1) is 0 Å². The summed E-state index contributed by atoms with van der Waals surface area (Å²) in [4.78, 5) is 19.8. The monoisotopic (exact) mass is 325 g/mol. The molecule has 0 unspecified atom stereocenters. The minimum atomic E-state index is -0.203. The molecule has 4 rings (SSSR count). The molecule has 1 aliphatic carbocycles. The van der Waals surface area contributed by atoms with Gasteiger partial charge in [0, 0.05) is 11.4 Å². The lowest BCUT2D eigenvalue weighted by atomic mass is 9.97. The molecule has 0 atom stereocenters. The van der Waals surface area contributed by atoms with Crippen molar-refractivity contribution in [3.8, 4) is 0 Å². The van der Waals surface area contributed by atoms with Crippen LogP contribution in [0.15, 0.2) is 33.5 Å². The van der Waals surface area contributed by atoms with Crippen LogP contribution in [0.1, 0.15) is 50.8 Å². The maximum Gasteiger partial charge on any atom is 0.294 e. The standard InChI is InChI=1S/C19H23N3O2/c23-19-18-17(14-10-6-7-11-15(14)24-18)21-16(22-19)12-20-13-8-4-2-1-3-5-9-13/h6-7,10-11,13,20H,1-5,8-9,12H2,(H,21,22,23). The van der Waals surface area contributed by atoms with Crippen molar-refractivity contribution in [1.29, 1.82) is 0 Å². The SMILES string of the molecule is O=c1[nH]c(CNC2CCCCCCC2)nc2c1oc1ccccc12. The van der Waals surface area contributed by atoms with Crippen molar-refractivity contribution in [3.05, 3.63) is 40.4 Å². The number of aromatic nitrogens is 2. The number of rotatable bonds is 3. The van der Waals surface area contributed by atoms with Crippen molar-refractivity contribution in [1.82, 2.24) is 15.3 Å². The van der Waals surface area contributed by atoms with Gasteiger partial charge < -0.3 is 14.7 Å². The van der Waals surface area contributed by atoms with E-state index in [-0.39, 0.29) is 5.56 Å². The third-order valence-corrected chi connectivity index (χ3v) is 4.94. The number of benzene rings is 1. The van der Waals surface area contributed by atoms with E-state index in [9.17, 15) is 4.79 Å². The molecule has 2 N–H and O–H groups in total. The Hall–Kier alpha value is -2.14. The number of H-pyrrole nitrogens is 1. The fourth-order valence-corrected chi connectivity index (χ4v) is 3.63. The quantitative estimate of drug-likeness (QED) is 0.767. The highest BCUT2D eigenvalue weighted by molar-refractivity contribution is 6.01. The first-order chi connectivity index (χ1) is 11.8. The molecule has 1 aliphatic rings. The van der Waals surface area contributed by atoms with Gasteiger partial charge >= 0.3 is 0 Å². The fourth-order valence-electron chi connectivity index (χ4n) is 3.63. The lowest BCUT2D eigenvalue weighted by Crippen LogP contribution is -2.30. The molecule has 5 heteroatoms. The Morgan fingerprint density at radius 2 is 1.88 bits per heavy atom. The second kappa shape index (κ2) is 6.77. The molecule has 2 heterocycles. The summed E-state index contributed by atoms with van der Waals surface area (Å²) >= 11 is 0. The normalized spacial score (nSPS) is 17.2. The van der Waals surface area contributed by atoms with Crippen molar-refractivity contribution in [2.45, 2.75) is 57.5 Å². The van der Waals surface area contributed by atoms with Crippen molar-refractivity contribution in [2.24, 2.45) is 0 Å². The highest BCUT2D eigenvalue weighted by Gasteiger charge is 2.14. The van der Waals surface area contributed by atoms with Crippen molar-refractivity contribution < 1.29 is 4.42 Å². The molecule has 1 saturated carbocycles. The average Bonchev–Trinajstić information content (AvgIpc) is 2.93. The highest BCUT2D eigenvalue weighted by Crippen LogP contribution is 2.24. The van der Waals surface area contributed by atoms with Crippen LogP contribution in [0.3, 0.4) is 0 Å². The Morgan fingerprint density at radius 1 is 1.12 bits per heavy atom. The van der Waals surface area contributed by atoms with Gasteiger partial charge in [-0.2, -0.15) is 0 Å². The molecule has 1 aromatic carbocycles. The summed E-state index contributed by atoms with van der Waals surface area (Å²) in [5.74, 6) is 0.682.